The van der Waals surface area contributed by atoms with E-state index in [1.807, 2.05) is 18.2 Å². The van der Waals surface area contributed by atoms with E-state index in [0.29, 0.717) is 12.2 Å². The first-order chi connectivity index (χ1) is 16.3. The molecule has 0 aliphatic heterocycles. The summed E-state index contributed by atoms with van der Waals surface area (Å²) in [4.78, 5) is 13.7. The second kappa shape index (κ2) is 12.5. The van der Waals surface area contributed by atoms with Gasteiger partial charge >= 0.3 is 5.97 Å². The molecular formula is C31H42O2S. The molecule has 3 rings (SSSR count). The number of carbonyl (C=O) groups excluding carboxylic acids is 1. The van der Waals surface area contributed by atoms with Crippen LogP contribution in [0.3, 0.4) is 0 Å². The van der Waals surface area contributed by atoms with Crippen molar-refractivity contribution in [3.63, 3.8) is 0 Å². The number of hydrogen-bond donors (Lipinski definition) is 0. The normalized spacial score (nSPS) is 16.6. The molecule has 1 aliphatic carbocycles. The first-order valence-electron chi connectivity index (χ1n) is 13.1. The molecule has 0 N–H and O–H groups in total. The Hall–Kier alpha value is -2.13. The van der Waals surface area contributed by atoms with Crippen molar-refractivity contribution >= 4 is 33.5 Å². The van der Waals surface area contributed by atoms with Gasteiger partial charge in [0, 0.05) is 9.58 Å². The van der Waals surface area contributed by atoms with Crippen LogP contribution in [0, 0.1) is 5.41 Å². The highest BCUT2D eigenvalue weighted by atomic mass is 32.1. The molecule has 34 heavy (non-hydrogen) atoms. The maximum absolute atomic E-state index is 12.5. The van der Waals surface area contributed by atoms with Crippen molar-refractivity contribution < 1.29 is 9.53 Å². The van der Waals surface area contributed by atoms with E-state index in [9.17, 15) is 4.79 Å². The number of carbonyl (C=O) groups is 1. The van der Waals surface area contributed by atoms with Gasteiger partial charge in [-0.25, -0.2) is 4.79 Å². The topological polar surface area (TPSA) is 26.3 Å². The maximum Gasteiger partial charge on any atom is 0.338 e. The van der Waals surface area contributed by atoms with Crippen molar-refractivity contribution in [2.45, 2.75) is 92.4 Å². The summed E-state index contributed by atoms with van der Waals surface area (Å²) in [6.45, 7) is 11.9. The van der Waals surface area contributed by atoms with Crippen LogP contribution in [0.15, 0.2) is 53.1 Å². The highest BCUT2D eigenvalue weighted by Gasteiger charge is 2.26. The summed E-state index contributed by atoms with van der Waals surface area (Å²) in [5.41, 5.74) is 5.17. The summed E-state index contributed by atoms with van der Waals surface area (Å²) in [7, 11) is 0. The lowest BCUT2D eigenvalue weighted by molar-refractivity contribution is 0.0498. The molecule has 0 fully saturated rings. The summed E-state index contributed by atoms with van der Waals surface area (Å²) in [6, 6.07) is 8.11. The van der Waals surface area contributed by atoms with Crippen LogP contribution in [0.2, 0.25) is 0 Å². The molecular weight excluding hydrogens is 436 g/mol. The Balaban J connectivity index is 1.61. The molecule has 0 bridgehead atoms. The molecule has 1 heterocycles. The van der Waals surface area contributed by atoms with Gasteiger partial charge in [0.2, 0.25) is 0 Å². The molecule has 2 aromatic rings. The average molecular weight is 479 g/mol. The van der Waals surface area contributed by atoms with Crippen LogP contribution in [-0.2, 0) is 4.74 Å². The van der Waals surface area contributed by atoms with Crippen molar-refractivity contribution in [3.05, 3.63) is 63.6 Å². The van der Waals surface area contributed by atoms with Crippen LogP contribution in [0.5, 0.6) is 0 Å². The van der Waals surface area contributed by atoms with Gasteiger partial charge in [-0.3, -0.25) is 0 Å². The van der Waals surface area contributed by atoms with Gasteiger partial charge in [0.15, 0.2) is 0 Å². The molecule has 0 radical (unpaired) electrons. The van der Waals surface area contributed by atoms with E-state index in [-0.39, 0.29) is 11.4 Å². The quantitative estimate of drug-likeness (QED) is 0.182. The smallest absolute Gasteiger partial charge is 0.338 e. The van der Waals surface area contributed by atoms with Gasteiger partial charge in [0.25, 0.3) is 0 Å². The molecule has 0 saturated heterocycles. The van der Waals surface area contributed by atoms with Crippen LogP contribution in [0.25, 0.3) is 16.2 Å². The molecule has 0 unspecified atom stereocenters. The first-order valence-corrected chi connectivity index (χ1v) is 13.9. The number of fused-ring (bicyclic) bond motifs is 1. The van der Waals surface area contributed by atoms with Gasteiger partial charge in [-0.15, -0.1) is 11.3 Å². The fourth-order valence-corrected chi connectivity index (χ4v) is 5.99. The van der Waals surface area contributed by atoms with Gasteiger partial charge in [-0.1, -0.05) is 76.7 Å². The molecule has 184 valence electrons. The van der Waals surface area contributed by atoms with Gasteiger partial charge < -0.3 is 4.74 Å². The predicted octanol–water partition coefficient (Wildman–Crippen LogP) is 9.90. The van der Waals surface area contributed by atoms with E-state index >= 15 is 0 Å². The largest absolute Gasteiger partial charge is 0.462 e. The van der Waals surface area contributed by atoms with Crippen LogP contribution >= 0.6 is 11.3 Å². The van der Waals surface area contributed by atoms with Crippen LogP contribution in [0.1, 0.15) is 108 Å². The third-order valence-electron chi connectivity index (χ3n) is 6.93. The Morgan fingerprint density at radius 2 is 1.88 bits per heavy atom. The molecule has 0 spiro atoms. The molecule has 1 aromatic carbocycles. The zero-order valence-corrected chi connectivity index (χ0v) is 22.7. The molecule has 1 aromatic heterocycles. The third kappa shape index (κ3) is 7.43. The van der Waals surface area contributed by atoms with Crippen molar-refractivity contribution in [1.82, 2.24) is 0 Å². The van der Waals surface area contributed by atoms with E-state index in [0.717, 1.165) is 17.5 Å². The van der Waals surface area contributed by atoms with Crippen molar-refractivity contribution in [2.75, 3.05) is 6.61 Å². The number of allylic oxidation sites excluding steroid dienone is 5. The second-order valence-electron chi connectivity index (χ2n) is 10.5. The molecule has 0 amide bonds. The fraction of sp³-hybridized carbons (Fsp3) is 0.516. The first kappa shape index (κ1) is 26.5. The van der Waals surface area contributed by atoms with E-state index in [1.54, 1.807) is 11.3 Å². The van der Waals surface area contributed by atoms with Crippen molar-refractivity contribution in [3.8, 4) is 0 Å². The highest BCUT2D eigenvalue weighted by molar-refractivity contribution is 7.19. The van der Waals surface area contributed by atoms with Gasteiger partial charge in [-0.2, -0.15) is 0 Å². The lowest BCUT2D eigenvalue weighted by Crippen LogP contribution is -2.19. The maximum atomic E-state index is 12.5. The van der Waals surface area contributed by atoms with E-state index in [4.69, 9.17) is 4.74 Å². The van der Waals surface area contributed by atoms with Crippen LogP contribution in [-0.4, -0.2) is 12.6 Å². The number of ether oxygens (including phenoxy) is 1. The average Bonchev–Trinajstić information content (AvgIpc) is 3.18. The molecule has 2 nitrogen and oxygen atoms in total. The zero-order valence-electron chi connectivity index (χ0n) is 21.8. The third-order valence-corrected chi connectivity index (χ3v) is 7.98. The Kier molecular flexibility index (Phi) is 9.76. The van der Waals surface area contributed by atoms with Gasteiger partial charge in [-0.05, 0) is 85.8 Å². The molecule has 1 aliphatic rings. The Morgan fingerprint density at radius 3 is 2.65 bits per heavy atom. The number of hydrogen-bond acceptors (Lipinski definition) is 3. The Bertz CT molecular complexity index is 1060. The van der Waals surface area contributed by atoms with Crippen molar-refractivity contribution in [2.24, 2.45) is 5.41 Å². The van der Waals surface area contributed by atoms with Gasteiger partial charge in [0.05, 0.1) is 12.2 Å². The Labute approximate surface area is 210 Å². The monoisotopic (exact) mass is 478 g/mol. The van der Waals surface area contributed by atoms with E-state index in [1.165, 1.54) is 71.9 Å². The highest BCUT2D eigenvalue weighted by Crippen LogP contribution is 2.41. The Morgan fingerprint density at radius 1 is 1.12 bits per heavy atom. The number of benzene rings is 1. The van der Waals surface area contributed by atoms with Crippen LogP contribution < -0.4 is 0 Å². The number of esters is 1. The number of unbranched alkanes of at least 4 members (excludes halogenated alkanes) is 5. The summed E-state index contributed by atoms with van der Waals surface area (Å²) in [5.74, 6) is -0.209. The standard InChI is InChI=1S/C31H42O2S/c1-6-7-8-9-10-11-19-33-30(32)26-16-15-25-21-27(34-29(25)22-26)20-23(2)14-17-28-24(3)13-12-18-31(28,4)5/h14-17,20-22H,6-13,18-19H2,1-5H3. The fourth-order valence-electron chi connectivity index (χ4n) is 4.88. The SMILES string of the molecule is CCCCCCCCOC(=O)c1ccc2cc(C=C(C)C=CC3=C(C)CCCC3(C)C)sc2c1. The minimum Gasteiger partial charge on any atom is -0.462 e. The van der Waals surface area contributed by atoms with E-state index in [2.05, 4.69) is 58.9 Å². The van der Waals surface area contributed by atoms with Gasteiger partial charge in [0.1, 0.15) is 0 Å². The number of thiophene rings is 1. The zero-order chi connectivity index (χ0) is 24.6. The summed E-state index contributed by atoms with van der Waals surface area (Å²) in [6.07, 6.45) is 17.7. The van der Waals surface area contributed by atoms with E-state index < -0.39 is 0 Å². The lowest BCUT2D eigenvalue weighted by Gasteiger charge is -2.32. The summed E-state index contributed by atoms with van der Waals surface area (Å²) < 4.78 is 6.64. The summed E-state index contributed by atoms with van der Waals surface area (Å²) >= 11 is 1.73. The summed E-state index contributed by atoms with van der Waals surface area (Å²) in [5, 5.41) is 1.17. The van der Waals surface area contributed by atoms with Crippen molar-refractivity contribution in [1.29, 1.82) is 0 Å². The second-order valence-corrected chi connectivity index (χ2v) is 11.6. The number of rotatable bonds is 11. The van der Waals surface area contributed by atoms with Crippen LogP contribution in [0.4, 0.5) is 0 Å². The molecule has 0 saturated carbocycles. The molecule has 0 atom stereocenters. The lowest BCUT2D eigenvalue weighted by atomic mass is 9.72. The predicted molar refractivity (Wildman–Crippen MR) is 149 cm³/mol. The minimum atomic E-state index is -0.209. The molecule has 3 heteroatoms. The minimum absolute atomic E-state index is 0.209.